The van der Waals surface area contributed by atoms with Crippen LogP contribution >= 0.6 is 15.9 Å². The van der Waals surface area contributed by atoms with Crippen molar-refractivity contribution in [3.63, 3.8) is 0 Å². The van der Waals surface area contributed by atoms with Crippen molar-refractivity contribution in [3.8, 4) is 0 Å². The summed E-state index contributed by atoms with van der Waals surface area (Å²) in [5.41, 5.74) is 2.77. The maximum atomic E-state index is 3.54. The van der Waals surface area contributed by atoms with Gasteiger partial charge in [0.15, 0.2) is 0 Å². The largest absolute Gasteiger partial charge is 0.369 e. The van der Waals surface area contributed by atoms with Crippen LogP contribution in [-0.4, -0.2) is 19.6 Å². The van der Waals surface area contributed by atoms with Gasteiger partial charge in [-0.1, -0.05) is 15.9 Å². The van der Waals surface area contributed by atoms with Gasteiger partial charge in [-0.15, -0.1) is 0 Å². The summed E-state index contributed by atoms with van der Waals surface area (Å²) < 4.78 is 1.16. The highest BCUT2D eigenvalue weighted by molar-refractivity contribution is 9.10. The summed E-state index contributed by atoms with van der Waals surface area (Å²) >= 11 is 3.54. The highest BCUT2D eigenvalue weighted by Crippen LogP contribution is 2.30. The highest BCUT2D eigenvalue weighted by Gasteiger charge is 2.22. The lowest BCUT2D eigenvalue weighted by molar-refractivity contribution is 0.725. The van der Waals surface area contributed by atoms with E-state index in [2.05, 4.69) is 51.3 Å². The number of rotatable bonds is 3. The minimum Gasteiger partial charge on any atom is -0.369 e. The molecule has 1 aliphatic rings. The number of anilines is 1. The van der Waals surface area contributed by atoms with Gasteiger partial charge in [-0.25, -0.2) is 0 Å². The smallest absolute Gasteiger partial charge is 0.0415 e. The molecule has 0 bridgehead atoms. The zero-order valence-corrected chi connectivity index (χ0v) is 11.5. The molecule has 0 saturated carbocycles. The van der Waals surface area contributed by atoms with E-state index in [1.807, 2.05) is 7.05 Å². The number of nitrogens with zero attached hydrogens (tertiary/aromatic N) is 1. The number of halogens is 1. The predicted octanol–water partition coefficient (Wildman–Crippen LogP) is 3.16. The molecule has 1 fully saturated rings. The lowest BCUT2D eigenvalue weighted by Crippen LogP contribution is -2.27. The van der Waals surface area contributed by atoms with Gasteiger partial charge in [-0.2, -0.15) is 0 Å². The van der Waals surface area contributed by atoms with Gasteiger partial charge < -0.3 is 10.2 Å². The Labute approximate surface area is 106 Å². The Morgan fingerprint density at radius 2 is 2.31 bits per heavy atom. The SMILES string of the molecule is CNCc1cc(Br)ccc1N1CCCC1C. The normalized spacial score (nSPS) is 20.4. The molecule has 1 aliphatic heterocycles. The third-order valence-electron chi connectivity index (χ3n) is 3.27. The van der Waals surface area contributed by atoms with Gasteiger partial charge in [0, 0.05) is 29.3 Å². The molecule has 2 nitrogen and oxygen atoms in total. The maximum Gasteiger partial charge on any atom is 0.0415 e. The van der Waals surface area contributed by atoms with Gasteiger partial charge in [0.1, 0.15) is 0 Å². The first kappa shape index (κ1) is 11.9. The molecular formula is C13H19BrN2. The molecule has 0 aliphatic carbocycles. The zero-order chi connectivity index (χ0) is 11.5. The van der Waals surface area contributed by atoms with E-state index in [0.29, 0.717) is 6.04 Å². The van der Waals surface area contributed by atoms with Crippen LogP contribution in [0.25, 0.3) is 0 Å². The summed E-state index contributed by atoms with van der Waals surface area (Å²) in [5, 5.41) is 3.24. The van der Waals surface area contributed by atoms with Crippen molar-refractivity contribution in [2.75, 3.05) is 18.5 Å². The molecule has 0 aromatic heterocycles. The van der Waals surface area contributed by atoms with Crippen molar-refractivity contribution in [1.29, 1.82) is 0 Å². The van der Waals surface area contributed by atoms with E-state index in [4.69, 9.17) is 0 Å². The topological polar surface area (TPSA) is 15.3 Å². The molecule has 1 saturated heterocycles. The predicted molar refractivity (Wildman–Crippen MR) is 72.9 cm³/mol. The first-order valence-electron chi connectivity index (χ1n) is 5.92. The molecule has 0 amide bonds. The van der Waals surface area contributed by atoms with Crippen molar-refractivity contribution in [1.82, 2.24) is 5.32 Å². The molecule has 3 heteroatoms. The number of nitrogens with one attached hydrogen (secondary N) is 1. The molecule has 0 radical (unpaired) electrons. The van der Waals surface area contributed by atoms with Gasteiger partial charge in [-0.05, 0) is 50.6 Å². The molecule has 88 valence electrons. The van der Waals surface area contributed by atoms with Crippen LogP contribution in [0.4, 0.5) is 5.69 Å². The number of benzene rings is 1. The lowest BCUT2D eigenvalue weighted by Gasteiger charge is -2.26. The Bertz CT molecular complexity index is 365. The third-order valence-corrected chi connectivity index (χ3v) is 3.76. The molecule has 1 unspecified atom stereocenters. The van der Waals surface area contributed by atoms with E-state index < -0.39 is 0 Å². The molecule has 16 heavy (non-hydrogen) atoms. The van der Waals surface area contributed by atoms with Crippen LogP contribution in [0.2, 0.25) is 0 Å². The summed E-state index contributed by atoms with van der Waals surface area (Å²) in [6.45, 7) is 4.44. The van der Waals surface area contributed by atoms with E-state index in [9.17, 15) is 0 Å². The molecular weight excluding hydrogens is 264 g/mol. The van der Waals surface area contributed by atoms with E-state index in [1.165, 1.54) is 30.6 Å². The quantitative estimate of drug-likeness (QED) is 0.916. The van der Waals surface area contributed by atoms with Gasteiger partial charge in [0.05, 0.1) is 0 Å². The summed E-state index contributed by atoms with van der Waals surface area (Å²) in [4.78, 5) is 2.53. The van der Waals surface area contributed by atoms with Gasteiger partial charge in [0.2, 0.25) is 0 Å². The van der Waals surface area contributed by atoms with Gasteiger partial charge >= 0.3 is 0 Å². The number of hydrogen-bond acceptors (Lipinski definition) is 2. The zero-order valence-electron chi connectivity index (χ0n) is 9.96. The molecule has 1 atom stereocenters. The summed E-state index contributed by atoms with van der Waals surface area (Å²) in [6, 6.07) is 7.27. The molecule has 1 aromatic rings. The van der Waals surface area contributed by atoms with Gasteiger partial charge in [-0.3, -0.25) is 0 Å². The Hall–Kier alpha value is -0.540. The van der Waals surface area contributed by atoms with Crippen LogP contribution in [0.1, 0.15) is 25.3 Å². The van der Waals surface area contributed by atoms with Gasteiger partial charge in [0.25, 0.3) is 0 Å². The fraction of sp³-hybridized carbons (Fsp3) is 0.538. The van der Waals surface area contributed by atoms with Crippen LogP contribution in [0, 0.1) is 0 Å². The molecule has 0 spiro atoms. The average Bonchev–Trinajstić information content (AvgIpc) is 2.65. The molecule has 1 aromatic carbocycles. The third kappa shape index (κ3) is 2.41. The van der Waals surface area contributed by atoms with Crippen LogP contribution < -0.4 is 10.2 Å². The summed E-state index contributed by atoms with van der Waals surface area (Å²) in [7, 11) is 2.00. The monoisotopic (exact) mass is 282 g/mol. The first-order valence-corrected chi connectivity index (χ1v) is 6.71. The van der Waals surface area contributed by atoms with E-state index in [-0.39, 0.29) is 0 Å². The van der Waals surface area contributed by atoms with Crippen molar-refractivity contribution >= 4 is 21.6 Å². The fourth-order valence-corrected chi connectivity index (χ4v) is 2.87. The van der Waals surface area contributed by atoms with Crippen LogP contribution in [0.5, 0.6) is 0 Å². The second-order valence-corrected chi connectivity index (χ2v) is 5.40. The molecule has 1 heterocycles. The van der Waals surface area contributed by atoms with Crippen LogP contribution in [-0.2, 0) is 6.54 Å². The minimum atomic E-state index is 0.678. The standard InChI is InChI=1S/C13H19BrN2/c1-10-4-3-7-16(10)13-6-5-12(14)8-11(13)9-15-2/h5-6,8,10,15H,3-4,7,9H2,1-2H3. The number of hydrogen-bond donors (Lipinski definition) is 1. The maximum absolute atomic E-state index is 3.54. The Balaban J connectivity index is 2.31. The Morgan fingerprint density at radius 1 is 1.50 bits per heavy atom. The van der Waals surface area contributed by atoms with E-state index in [0.717, 1.165) is 11.0 Å². The fourth-order valence-electron chi connectivity index (χ4n) is 2.46. The van der Waals surface area contributed by atoms with Crippen molar-refractivity contribution in [2.24, 2.45) is 0 Å². The second kappa shape index (κ2) is 5.19. The molecule has 2 rings (SSSR count). The van der Waals surface area contributed by atoms with Crippen molar-refractivity contribution in [3.05, 3.63) is 28.2 Å². The summed E-state index contributed by atoms with van der Waals surface area (Å²) in [6.07, 6.45) is 2.63. The lowest BCUT2D eigenvalue weighted by atomic mass is 10.1. The Morgan fingerprint density at radius 3 is 2.94 bits per heavy atom. The van der Waals surface area contributed by atoms with E-state index >= 15 is 0 Å². The first-order chi connectivity index (χ1) is 7.72. The summed E-state index contributed by atoms with van der Waals surface area (Å²) in [5.74, 6) is 0. The second-order valence-electron chi connectivity index (χ2n) is 4.49. The average molecular weight is 283 g/mol. The van der Waals surface area contributed by atoms with Crippen LogP contribution in [0.3, 0.4) is 0 Å². The minimum absolute atomic E-state index is 0.678. The van der Waals surface area contributed by atoms with E-state index in [1.54, 1.807) is 0 Å². The highest BCUT2D eigenvalue weighted by atomic mass is 79.9. The van der Waals surface area contributed by atoms with Crippen molar-refractivity contribution < 1.29 is 0 Å². The van der Waals surface area contributed by atoms with Crippen molar-refractivity contribution in [2.45, 2.75) is 32.4 Å². The van der Waals surface area contributed by atoms with Crippen LogP contribution in [0.15, 0.2) is 22.7 Å². The molecule has 1 N–H and O–H groups in total. The Kier molecular flexibility index (Phi) is 3.87.